The minimum atomic E-state index is -1.33. The number of hydrogen-bond acceptors (Lipinski definition) is 9. The van der Waals surface area contributed by atoms with Crippen LogP contribution in [0.3, 0.4) is 0 Å². The van der Waals surface area contributed by atoms with Gasteiger partial charge in [0.25, 0.3) is 11.8 Å². The zero-order valence-corrected chi connectivity index (χ0v) is 20.0. The molecule has 2 heterocycles. The van der Waals surface area contributed by atoms with Crippen LogP contribution in [-0.2, 0) is 20.9 Å². The van der Waals surface area contributed by atoms with Gasteiger partial charge in [0, 0.05) is 18.9 Å². The van der Waals surface area contributed by atoms with Gasteiger partial charge in [-0.25, -0.2) is 4.39 Å². The zero-order chi connectivity index (χ0) is 26.2. The molecule has 3 amide bonds. The zero-order valence-electron chi connectivity index (χ0n) is 19.1. The van der Waals surface area contributed by atoms with Gasteiger partial charge in [0.2, 0.25) is 5.91 Å². The topological polar surface area (TPSA) is 171 Å². The highest BCUT2D eigenvalue weighted by atomic mass is 32.1. The first-order valence-corrected chi connectivity index (χ1v) is 11.4. The Balaban J connectivity index is 2.07. The molecule has 0 unspecified atom stereocenters. The number of anilines is 1. The number of nitrogens with zero attached hydrogens (tertiary/aromatic N) is 3. The number of nitrogens with two attached hydrogens (primary N) is 2. The maximum atomic E-state index is 13.7. The van der Waals surface area contributed by atoms with E-state index >= 15 is 0 Å². The first kappa shape index (κ1) is 26.2. The highest BCUT2D eigenvalue weighted by Crippen LogP contribution is 2.30. The number of primary amides is 1. The van der Waals surface area contributed by atoms with Crippen LogP contribution in [0.25, 0.3) is 0 Å². The quantitative estimate of drug-likeness (QED) is 0.341. The summed E-state index contributed by atoms with van der Waals surface area (Å²) in [7, 11) is 0. The number of carbonyl (C=O) groups is 4. The summed E-state index contributed by atoms with van der Waals surface area (Å²) >= 11 is 0.655. The van der Waals surface area contributed by atoms with Crippen molar-refractivity contribution in [2.45, 2.75) is 19.5 Å². The van der Waals surface area contributed by atoms with Gasteiger partial charge >= 0.3 is 5.97 Å². The van der Waals surface area contributed by atoms with Crippen molar-refractivity contribution in [2.75, 3.05) is 18.9 Å². The standard InChI is InChI=1S/C23H23FN6O5S/c1-2-35-16(31)11-28-22(33)19(14-5-7-15(24)8-6-14)30(12-13-4-3-9-27-10-13)23(34)20-17(25)18(21(26)32)29-36-20/h3-10,19H,2,11-12,25H2,1H3,(H2,26,32)(H,28,33)/t19-/m1/s1. The van der Waals surface area contributed by atoms with Crippen LogP contribution in [-0.4, -0.2) is 51.1 Å². The van der Waals surface area contributed by atoms with E-state index in [0.717, 1.165) is 12.1 Å². The van der Waals surface area contributed by atoms with E-state index in [1.165, 1.54) is 23.2 Å². The second kappa shape index (κ2) is 11.8. The van der Waals surface area contributed by atoms with Crippen molar-refractivity contribution >= 4 is 40.9 Å². The minimum absolute atomic E-state index is 0.113. The van der Waals surface area contributed by atoms with E-state index in [1.807, 2.05) is 0 Å². The summed E-state index contributed by atoms with van der Waals surface area (Å²) in [6, 6.07) is 6.98. The highest BCUT2D eigenvalue weighted by Gasteiger charge is 2.35. The molecule has 13 heteroatoms. The molecule has 0 saturated carbocycles. The Morgan fingerprint density at radius 2 is 1.92 bits per heavy atom. The third kappa shape index (κ3) is 6.18. The van der Waals surface area contributed by atoms with E-state index < -0.39 is 42.1 Å². The lowest BCUT2D eigenvalue weighted by molar-refractivity contribution is -0.143. The van der Waals surface area contributed by atoms with Gasteiger partial charge < -0.3 is 26.4 Å². The summed E-state index contributed by atoms with van der Waals surface area (Å²) in [5, 5.41) is 2.46. The monoisotopic (exact) mass is 514 g/mol. The molecule has 0 bridgehead atoms. The third-order valence-electron chi connectivity index (χ3n) is 4.95. The van der Waals surface area contributed by atoms with E-state index in [-0.39, 0.29) is 35.0 Å². The van der Waals surface area contributed by atoms with Gasteiger partial charge in [0.15, 0.2) is 5.69 Å². The summed E-state index contributed by atoms with van der Waals surface area (Å²) in [6.45, 7) is 1.17. The Hall–Kier alpha value is -4.39. The predicted octanol–water partition coefficient (Wildman–Crippen LogP) is 1.42. The lowest BCUT2D eigenvalue weighted by atomic mass is 10.0. The lowest BCUT2D eigenvalue weighted by Crippen LogP contribution is -2.44. The number of rotatable bonds is 10. The van der Waals surface area contributed by atoms with Crippen molar-refractivity contribution < 1.29 is 28.3 Å². The number of esters is 1. The molecule has 188 valence electrons. The molecule has 3 rings (SSSR count). The van der Waals surface area contributed by atoms with Crippen LogP contribution < -0.4 is 16.8 Å². The first-order valence-electron chi connectivity index (χ1n) is 10.7. The number of halogens is 1. The Bertz CT molecular complexity index is 1250. The van der Waals surface area contributed by atoms with E-state index in [1.54, 1.807) is 25.3 Å². The SMILES string of the molecule is CCOC(=O)CNC(=O)[C@@H](c1ccc(F)cc1)N(Cc1cccnc1)C(=O)c1snc(C(N)=O)c1N. The van der Waals surface area contributed by atoms with Crippen LogP contribution >= 0.6 is 11.5 Å². The number of nitrogens with one attached hydrogen (secondary N) is 1. The maximum Gasteiger partial charge on any atom is 0.325 e. The highest BCUT2D eigenvalue weighted by molar-refractivity contribution is 7.09. The Kier molecular flexibility index (Phi) is 8.62. The normalized spacial score (nSPS) is 11.4. The molecular formula is C23H23FN6O5S. The largest absolute Gasteiger partial charge is 0.465 e. The fourth-order valence-corrected chi connectivity index (χ4v) is 4.08. The van der Waals surface area contributed by atoms with Gasteiger partial charge in [0.05, 0.1) is 12.3 Å². The van der Waals surface area contributed by atoms with Gasteiger partial charge in [-0.2, -0.15) is 4.37 Å². The van der Waals surface area contributed by atoms with Crippen molar-refractivity contribution in [3.8, 4) is 0 Å². The second-order valence-electron chi connectivity index (χ2n) is 7.41. The fourth-order valence-electron chi connectivity index (χ4n) is 3.31. The van der Waals surface area contributed by atoms with Gasteiger partial charge in [-0.3, -0.25) is 24.2 Å². The number of amides is 3. The molecule has 0 radical (unpaired) electrons. The van der Waals surface area contributed by atoms with Gasteiger partial charge in [-0.1, -0.05) is 18.2 Å². The second-order valence-corrected chi connectivity index (χ2v) is 8.18. The van der Waals surface area contributed by atoms with Crippen LogP contribution in [0.1, 0.15) is 44.3 Å². The maximum absolute atomic E-state index is 13.7. The number of hydrogen-bond donors (Lipinski definition) is 3. The molecule has 0 aliphatic carbocycles. The lowest BCUT2D eigenvalue weighted by Gasteiger charge is -2.31. The van der Waals surface area contributed by atoms with Crippen LogP contribution in [0, 0.1) is 5.82 Å². The fraction of sp³-hybridized carbons (Fsp3) is 0.217. The number of ether oxygens (including phenoxy) is 1. The Labute approximate surface area is 209 Å². The Morgan fingerprint density at radius 1 is 1.19 bits per heavy atom. The van der Waals surface area contributed by atoms with Gasteiger partial charge in [0.1, 0.15) is 23.3 Å². The molecule has 0 aliphatic rings. The molecule has 5 N–H and O–H groups in total. The Morgan fingerprint density at radius 3 is 2.50 bits per heavy atom. The molecule has 0 fully saturated rings. The van der Waals surface area contributed by atoms with Crippen molar-refractivity contribution in [3.63, 3.8) is 0 Å². The van der Waals surface area contributed by atoms with Crippen molar-refractivity contribution in [1.29, 1.82) is 0 Å². The van der Waals surface area contributed by atoms with Crippen LogP contribution in [0.15, 0.2) is 48.8 Å². The molecule has 11 nitrogen and oxygen atoms in total. The smallest absolute Gasteiger partial charge is 0.325 e. The molecule has 1 atom stereocenters. The third-order valence-corrected chi connectivity index (χ3v) is 5.80. The van der Waals surface area contributed by atoms with Crippen LogP contribution in [0.2, 0.25) is 0 Å². The van der Waals surface area contributed by atoms with Gasteiger partial charge in [-0.15, -0.1) is 0 Å². The summed E-state index contributed by atoms with van der Waals surface area (Å²) in [5.41, 5.74) is 11.6. The summed E-state index contributed by atoms with van der Waals surface area (Å²) < 4.78 is 22.4. The van der Waals surface area contributed by atoms with Crippen LogP contribution in [0.4, 0.5) is 10.1 Å². The molecule has 0 saturated heterocycles. The average Bonchev–Trinajstić information content (AvgIpc) is 3.25. The number of nitrogen functional groups attached to an aromatic ring is 1. The van der Waals surface area contributed by atoms with Crippen LogP contribution in [0.5, 0.6) is 0 Å². The molecule has 0 spiro atoms. The molecule has 2 aromatic heterocycles. The number of carbonyl (C=O) groups excluding carboxylic acids is 4. The minimum Gasteiger partial charge on any atom is -0.465 e. The van der Waals surface area contributed by atoms with Gasteiger partial charge in [-0.05, 0) is 47.8 Å². The summed E-state index contributed by atoms with van der Waals surface area (Å²) in [6.07, 6.45) is 3.04. The summed E-state index contributed by atoms with van der Waals surface area (Å²) in [5.74, 6) is -3.60. The van der Waals surface area contributed by atoms with E-state index in [4.69, 9.17) is 16.2 Å². The first-order chi connectivity index (χ1) is 17.2. The van der Waals surface area contributed by atoms with Crippen molar-refractivity contribution in [2.24, 2.45) is 5.73 Å². The molecule has 36 heavy (non-hydrogen) atoms. The number of benzene rings is 1. The molecule has 0 aliphatic heterocycles. The number of aromatic nitrogens is 2. The molecular weight excluding hydrogens is 491 g/mol. The average molecular weight is 515 g/mol. The number of pyridine rings is 1. The van der Waals surface area contributed by atoms with E-state index in [2.05, 4.69) is 14.7 Å². The van der Waals surface area contributed by atoms with Crippen molar-refractivity contribution in [3.05, 3.63) is 76.3 Å². The summed E-state index contributed by atoms with van der Waals surface area (Å²) in [4.78, 5) is 55.6. The van der Waals surface area contributed by atoms with E-state index in [9.17, 15) is 23.6 Å². The molecule has 1 aromatic carbocycles. The predicted molar refractivity (Wildman–Crippen MR) is 128 cm³/mol. The molecule has 3 aromatic rings. The van der Waals surface area contributed by atoms with Crippen molar-refractivity contribution in [1.82, 2.24) is 19.6 Å². The van der Waals surface area contributed by atoms with E-state index in [0.29, 0.717) is 17.1 Å².